The largest absolute Gasteiger partial charge is 0.490 e. The van der Waals surface area contributed by atoms with Gasteiger partial charge in [0.15, 0.2) is 11.5 Å². The Bertz CT molecular complexity index is 770. The van der Waals surface area contributed by atoms with Crippen LogP contribution in [0.4, 0.5) is 0 Å². The van der Waals surface area contributed by atoms with Gasteiger partial charge in [0.1, 0.15) is 5.75 Å². The Morgan fingerprint density at radius 1 is 0.862 bits per heavy atom. The summed E-state index contributed by atoms with van der Waals surface area (Å²) in [5.74, 6) is 3.55. The Kier molecular flexibility index (Phi) is 10.0. The molecule has 0 heterocycles. The van der Waals surface area contributed by atoms with Crippen LogP contribution in [0.1, 0.15) is 69.2 Å². The number of alkyl halides is 1. The molecular formula is C25H38ClNO2. The Balaban J connectivity index is 0.00000420. The second kappa shape index (κ2) is 11.5. The number of ether oxygens (including phenoxy) is 2. The Labute approximate surface area is 182 Å². The molecule has 29 heavy (non-hydrogen) atoms. The lowest BCUT2D eigenvalue weighted by molar-refractivity contribution is 0.316. The smallest absolute Gasteiger partial charge is 0.173 e. The molecule has 0 aromatic heterocycles. The van der Waals surface area contributed by atoms with Crippen molar-refractivity contribution in [1.29, 1.82) is 0 Å². The maximum Gasteiger partial charge on any atom is 0.173 e. The van der Waals surface area contributed by atoms with E-state index in [0.29, 0.717) is 18.4 Å². The minimum absolute atomic E-state index is 0. The summed E-state index contributed by atoms with van der Waals surface area (Å²) >= 11 is 6.69. The van der Waals surface area contributed by atoms with Crippen LogP contribution in [-0.4, -0.2) is 6.61 Å². The van der Waals surface area contributed by atoms with Gasteiger partial charge in [-0.1, -0.05) is 45.9 Å². The Morgan fingerprint density at radius 2 is 1.41 bits per heavy atom. The summed E-state index contributed by atoms with van der Waals surface area (Å²) in [5.41, 5.74) is 4.87. The van der Waals surface area contributed by atoms with Crippen molar-refractivity contribution in [3.63, 3.8) is 0 Å². The molecule has 0 spiro atoms. The lowest BCUT2D eigenvalue weighted by Gasteiger charge is -2.27. The molecule has 1 unspecified atom stereocenters. The van der Waals surface area contributed by atoms with E-state index in [1.807, 2.05) is 37.3 Å². The highest BCUT2D eigenvalue weighted by Crippen LogP contribution is 2.46. The van der Waals surface area contributed by atoms with E-state index < -0.39 is 0 Å². The third-order valence-electron chi connectivity index (χ3n) is 4.79. The van der Waals surface area contributed by atoms with Crippen molar-refractivity contribution in [2.45, 2.75) is 66.7 Å². The van der Waals surface area contributed by atoms with Crippen molar-refractivity contribution < 1.29 is 9.47 Å². The predicted octanol–water partition coefficient (Wildman–Crippen LogP) is 8.04. The molecule has 2 rings (SSSR count). The summed E-state index contributed by atoms with van der Waals surface area (Å²) in [4.78, 5) is 0. The van der Waals surface area contributed by atoms with Crippen molar-refractivity contribution in [1.82, 2.24) is 6.15 Å². The number of benzene rings is 2. The molecule has 4 heteroatoms. The Morgan fingerprint density at radius 3 is 1.90 bits per heavy atom. The van der Waals surface area contributed by atoms with Crippen LogP contribution in [0.5, 0.6) is 17.2 Å². The summed E-state index contributed by atoms with van der Waals surface area (Å²) in [7, 11) is 0. The predicted molar refractivity (Wildman–Crippen MR) is 125 cm³/mol. The van der Waals surface area contributed by atoms with Gasteiger partial charge in [-0.15, -0.1) is 11.6 Å². The molecule has 0 bridgehead atoms. The van der Waals surface area contributed by atoms with Crippen LogP contribution >= 0.6 is 11.6 Å². The van der Waals surface area contributed by atoms with Crippen LogP contribution in [0.2, 0.25) is 0 Å². The number of rotatable bonds is 9. The maximum absolute atomic E-state index is 6.69. The van der Waals surface area contributed by atoms with Gasteiger partial charge in [0.05, 0.1) is 12.0 Å². The van der Waals surface area contributed by atoms with Gasteiger partial charge < -0.3 is 15.6 Å². The zero-order valence-corrected chi connectivity index (χ0v) is 19.9. The normalized spacial score (nSPS) is 12.1. The van der Waals surface area contributed by atoms with E-state index in [2.05, 4.69) is 41.5 Å². The van der Waals surface area contributed by atoms with E-state index in [0.717, 1.165) is 35.7 Å². The van der Waals surface area contributed by atoms with Gasteiger partial charge in [-0.05, 0) is 74.3 Å². The molecule has 3 nitrogen and oxygen atoms in total. The number of halogens is 1. The molecule has 0 aliphatic carbocycles. The molecule has 2 aromatic rings. The van der Waals surface area contributed by atoms with E-state index in [-0.39, 0.29) is 11.5 Å². The van der Waals surface area contributed by atoms with E-state index in [1.54, 1.807) is 0 Å². The lowest BCUT2D eigenvalue weighted by Crippen LogP contribution is -2.13. The van der Waals surface area contributed by atoms with Gasteiger partial charge in [0.2, 0.25) is 0 Å². The molecule has 0 radical (unpaired) electrons. The monoisotopic (exact) mass is 419 g/mol. The summed E-state index contributed by atoms with van der Waals surface area (Å²) in [6.45, 7) is 15.8. The highest BCUT2D eigenvalue weighted by Gasteiger charge is 2.27. The van der Waals surface area contributed by atoms with E-state index in [1.165, 1.54) is 16.7 Å². The molecule has 0 saturated carbocycles. The van der Waals surface area contributed by atoms with Crippen LogP contribution in [-0.2, 0) is 12.8 Å². The molecule has 162 valence electrons. The van der Waals surface area contributed by atoms with Gasteiger partial charge in [0.25, 0.3) is 0 Å². The topological polar surface area (TPSA) is 53.5 Å². The highest BCUT2D eigenvalue weighted by atomic mass is 35.5. The lowest BCUT2D eigenvalue weighted by atomic mass is 9.84. The van der Waals surface area contributed by atoms with Crippen LogP contribution in [0.25, 0.3) is 0 Å². The maximum atomic E-state index is 6.69. The van der Waals surface area contributed by atoms with Crippen molar-refractivity contribution in [3.8, 4) is 17.2 Å². The first-order valence-electron chi connectivity index (χ1n) is 10.4. The standard InChI is InChI=1S/C25H35ClO2.H3N/c1-8-27-24-18(6)23(19(7)26)21(14-16(2)3)22(15-17(4)5)25(24)28-20-12-10-9-11-13-20;/h9-13,16-17,19H,8,14-15H2,1-7H3;1H3. The van der Waals surface area contributed by atoms with E-state index in [9.17, 15) is 0 Å². The molecule has 0 saturated heterocycles. The third-order valence-corrected chi connectivity index (χ3v) is 5.01. The Hall–Kier alpha value is -1.71. The van der Waals surface area contributed by atoms with Crippen molar-refractivity contribution in [2.75, 3.05) is 6.61 Å². The average molecular weight is 420 g/mol. The van der Waals surface area contributed by atoms with Crippen molar-refractivity contribution in [2.24, 2.45) is 11.8 Å². The summed E-state index contributed by atoms with van der Waals surface area (Å²) in [5, 5.41) is -0.0790. The van der Waals surface area contributed by atoms with Crippen LogP contribution < -0.4 is 15.6 Å². The zero-order chi connectivity index (χ0) is 20.8. The zero-order valence-electron chi connectivity index (χ0n) is 19.1. The van der Waals surface area contributed by atoms with Crippen molar-refractivity contribution >= 4 is 11.6 Å². The molecule has 0 fully saturated rings. The average Bonchev–Trinajstić information content (AvgIpc) is 2.61. The molecular weight excluding hydrogens is 382 g/mol. The SMILES string of the molecule is CCOc1c(C)c(C(C)Cl)c(CC(C)C)c(CC(C)C)c1Oc1ccccc1.N. The van der Waals surface area contributed by atoms with Crippen LogP contribution in [0, 0.1) is 18.8 Å². The van der Waals surface area contributed by atoms with Crippen molar-refractivity contribution in [3.05, 3.63) is 52.6 Å². The van der Waals surface area contributed by atoms with Gasteiger partial charge in [0, 0.05) is 5.56 Å². The number of para-hydroxylation sites is 1. The third kappa shape index (κ3) is 6.38. The molecule has 2 aromatic carbocycles. The fourth-order valence-corrected chi connectivity index (χ4v) is 4.09. The first kappa shape index (κ1) is 25.3. The first-order valence-corrected chi connectivity index (χ1v) is 10.9. The molecule has 1 atom stereocenters. The first-order chi connectivity index (χ1) is 13.3. The minimum atomic E-state index is -0.0790. The van der Waals surface area contributed by atoms with Gasteiger partial charge >= 0.3 is 0 Å². The number of hydrogen-bond donors (Lipinski definition) is 1. The van der Waals surface area contributed by atoms with E-state index >= 15 is 0 Å². The second-order valence-electron chi connectivity index (χ2n) is 8.31. The van der Waals surface area contributed by atoms with Crippen LogP contribution in [0.15, 0.2) is 30.3 Å². The fraction of sp³-hybridized carbons (Fsp3) is 0.520. The summed E-state index contributed by atoms with van der Waals surface area (Å²) in [6, 6.07) is 9.97. The summed E-state index contributed by atoms with van der Waals surface area (Å²) in [6.07, 6.45) is 1.91. The van der Waals surface area contributed by atoms with Gasteiger partial charge in [-0.3, -0.25) is 0 Å². The fourth-order valence-electron chi connectivity index (χ4n) is 3.79. The minimum Gasteiger partial charge on any atom is -0.490 e. The van der Waals surface area contributed by atoms with Gasteiger partial charge in [-0.25, -0.2) is 0 Å². The van der Waals surface area contributed by atoms with Crippen LogP contribution in [0.3, 0.4) is 0 Å². The van der Waals surface area contributed by atoms with Gasteiger partial charge in [-0.2, -0.15) is 0 Å². The number of hydrogen-bond acceptors (Lipinski definition) is 3. The molecule has 0 amide bonds. The van der Waals surface area contributed by atoms with E-state index in [4.69, 9.17) is 21.1 Å². The molecule has 3 N–H and O–H groups in total. The molecule has 0 aliphatic rings. The quantitative estimate of drug-likeness (QED) is 0.418. The second-order valence-corrected chi connectivity index (χ2v) is 8.97. The highest BCUT2D eigenvalue weighted by molar-refractivity contribution is 6.20. The molecule has 0 aliphatic heterocycles. The summed E-state index contributed by atoms with van der Waals surface area (Å²) < 4.78 is 12.6.